The van der Waals surface area contributed by atoms with Gasteiger partial charge >= 0.3 is 0 Å². The standard InChI is InChI=1S/C27H23Cl3N2O3/c1-15(2)25(34)26-24(31-22(33)8-5-13-28)20-14-19(16-9-11-17(29)12-10-16)23(32-27(20)35-26)18-6-3-4-7-21(18)30/h3-4,6-7,9-12,14-15H,5,8,13H2,1-2H3,(H,31,33). The summed E-state index contributed by atoms with van der Waals surface area (Å²) in [5.74, 6) is -0.397. The van der Waals surface area contributed by atoms with E-state index in [1.54, 1.807) is 32.0 Å². The van der Waals surface area contributed by atoms with E-state index in [9.17, 15) is 9.59 Å². The van der Waals surface area contributed by atoms with Crippen LogP contribution in [-0.2, 0) is 4.79 Å². The maximum atomic E-state index is 13.0. The van der Waals surface area contributed by atoms with Crippen molar-refractivity contribution in [3.63, 3.8) is 0 Å². The Morgan fingerprint density at radius 1 is 1.03 bits per heavy atom. The van der Waals surface area contributed by atoms with Gasteiger partial charge in [0.1, 0.15) is 5.69 Å². The number of anilines is 1. The number of carbonyl (C=O) groups is 2. The third kappa shape index (κ3) is 5.37. The zero-order chi connectivity index (χ0) is 25.1. The van der Waals surface area contributed by atoms with E-state index in [0.717, 1.165) is 11.1 Å². The van der Waals surface area contributed by atoms with Gasteiger partial charge < -0.3 is 9.73 Å². The van der Waals surface area contributed by atoms with Crippen LogP contribution in [0.1, 0.15) is 37.2 Å². The van der Waals surface area contributed by atoms with Gasteiger partial charge in [0.15, 0.2) is 5.76 Å². The van der Waals surface area contributed by atoms with Crippen molar-refractivity contribution in [2.75, 3.05) is 11.2 Å². The van der Waals surface area contributed by atoms with Crippen LogP contribution in [0.4, 0.5) is 5.69 Å². The van der Waals surface area contributed by atoms with Crippen molar-refractivity contribution in [1.29, 1.82) is 0 Å². The molecule has 0 aliphatic heterocycles. The Bertz CT molecular complexity index is 1400. The van der Waals surface area contributed by atoms with E-state index in [-0.39, 0.29) is 35.5 Å². The van der Waals surface area contributed by atoms with Crippen molar-refractivity contribution >= 4 is 63.3 Å². The fourth-order valence-corrected chi connectivity index (χ4v) is 4.21. The summed E-state index contributed by atoms with van der Waals surface area (Å²) >= 11 is 18.4. The van der Waals surface area contributed by atoms with Gasteiger partial charge in [-0.3, -0.25) is 9.59 Å². The van der Waals surface area contributed by atoms with Gasteiger partial charge in [-0.05, 0) is 36.2 Å². The maximum Gasteiger partial charge on any atom is 0.229 e. The molecule has 0 radical (unpaired) electrons. The average Bonchev–Trinajstić information content (AvgIpc) is 3.19. The minimum absolute atomic E-state index is 0.0695. The normalized spacial score (nSPS) is 11.3. The highest BCUT2D eigenvalue weighted by atomic mass is 35.5. The highest BCUT2D eigenvalue weighted by molar-refractivity contribution is 6.33. The maximum absolute atomic E-state index is 13.0. The molecule has 0 saturated heterocycles. The molecule has 2 aromatic carbocycles. The van der Waals surface area contributed by atoms with Crippen molar-refractivity contribution in [1.82, 2.24) is 4.98 Å². The van der Waals surface area contributed by atoms with Gasteiger partial charge in [-0.15, -0.1) is 11.6 Å². The molecule has 4 aromatic rings. The van der Waals surface area contributed by atoms with E-state index < -0.39 is 0 Å². The molecule has 0 atom stereocenters. The van der Waals surface area contributed by atoms with Gasteiger partial charge in [0, 0.05) is 39.4 Å². The first-order valence-electron chi connectivity index (χ1n) is 11.2. The fraction of sp³-hybridized carbons (Fsp3) is 0.222. The van der Waals surface area contributed by atoms with E-state index in [1.807, 2.05) is 36.4 Å². The van der Waals surface area contributed by atoms with Gasteiger partial charge in [0.2, 0.25) is 17.4 Å². The van der Waals surface area contributed by atoms with Crippen molar-refractivity contribution in [3.05, 3.63) is 70.4 Å². The number of hydrogen-bond acceptors (Lipinski definition) is 4. The highest BCUT2D eigenvalue weighted by Crippen LogP contribution is 2.41. The Hall–Kier alpha value is -2.86. The van der Waals surface area contributed by atoms with Crippen LogP contribution in [0.3, 0.4) is 0 Å². The Morgan fingerprint density at radius 2 is 1.74 bits per heavy atom. The number of furan rings is 1. The van der Waals surface area contributed by atoms with Crippen LogP contribution < -0.4 is 5.32 Å². The number of rotatable bonds is 8. The number of Topliss-reactive ketones (excluding diaryl/α,β-unsaturated/α-hetero) is 1. The molecule has 2 heterocycles. The number of nitrogens with zero attached hydrogens (tertiary/aromatic N) is 1. The summed E-state index contributed by atoms with van der Waals surface area (Å²) in [5, 5.41) is 4.51. The number of halogens is 3. The second-order valence-electron chi connectivity index (χ2n) is 8.39. The number of benzene rings is 2. The number of aromatic nitrogens is 1. The Balaban J connectivity index is 1.99. The summed E-state index contributed by atoms with van der Waals surface area (Å²) in [6.07, 6.45) is 0.738. The van der Waals surface area contributed by atoms with Crippen molar-refractivity contribution in [2.24, 2.45) is 5.92 Å². The molecular weight excluding hydrogens is 507 g/mol. The monoisotopic (exact) mass is 528 g/mol. The van der Waals surface area contributed by atoms with Gasteiger partial charge in [-0.1, -0.05) is 67.4 Å². The fourth-order valence-electron chi connectivity index (χ4n) is 3.72. The van der Waals surface area contributed by atoms with Gasteiger partial charge in [-0.25, -0.2) is 4.98 Å². The van der Waals surface area contributed by atoms with Crippen molar-refractivity contribution in [3.8, 4) is 22.4 Å². The molecule has 5 nitrogen and oxygen atoms in total. The average molecular weight is 530 g/mol. The first kappa shape index (κ1) is 25.2. The van der Waals surface area contributed by atoms with E-state index in [4.69, 9.17) is 44.2 Å². The molecule has 0 bridgehead atoms. The largest absolute Gasteiger partial charge is 0.432 e. The molecule has 0 spiro atoms. The lowest BCUT2D eigenvalue weighted by atomic mass is 9.97. The molecular formula is C27H23Cl3N2O3. The summed E-state index contributed by atoms with van der Waals surface area (Å²) in [6, 6.07) is 16.6. The lowest BCUT2D eigenvalue weighted by Crippen LogP contribution is -2.15. The zero-order valence-electron chi connectivity index (χ0n) is 19.2. The number of fused-ring (bicyclic) bond motifs is 1. The molecule has 0 fully saturated rings. The number of alkyl halides is 1. The van der Waals surface area contributed by atoms with Crippen LogP contribution in [0.25, 0.3) is 33.5 Å². The minimum atomic E-state index is -0.340. The molecule has 2 aromatic heterocycles. The lowest BCUT2D eigenvalue weighted by molar-refractivity contribution is -0.116. The molecule has 35 heavy (non-hydrogen) atoms. The molecule has 180 valence electrons. The first-order chi connectivity index (χ1) is 16.8. The van der Waals surface area contributed by atoms with Crippen LogP contribution in [0.15, 0.2) is 59.0 Å². The van der Waals surface area contributed by atoms with Crippen LogP contribution >= 0.6 is 34.8 Å². The number of pyridine rings is 1. The third-order valence-electron chi connectivity index (χ3n) is 5.52. The molecule has 4 rings (SSSR count). The van der Waals surface area contributed by atoms with E-state index in [1.165, 1.54) is 0 Å². The van der Waals surface area contributed by atoms with Crippen LogP contribution in [0, 0.1) is 5.92 Å². The van der Waals surface area contributed by atoms with E-state index >= 15 is 0 Å². The Morgan fingerprint density at radius 3 is 2.40 bits per heavy atom. The van der Waals surface area contributed by atoms with Crippen molar-refractivity contribution < 1.29 is 14.0 Å². The predicted octanol–water partition coefficient (Wildman–Crippen LogP) is 8.26. The molecule has 8 heteroatoms. The molecule has 1 N–H and O–H groups in total. The molecule has 0 aliphatic rings. The zero-order valence-corrected chi connectivity index (χ0v) is 21.5. The van der Waals surface area contributed by atoms with Crippen LogP contribution in [0.5, 0.6) is 0 Å². The first-order valence-corrected chi connectivity index (χ1v) is 12.5. The molecule has 0 unspecified atom stereocenters. The quantitative estimate of drug-likeness (QED) is 0.184. The number of amides is 1. The van der Waals surface area contributed by atoms with E-state index in [2.05, 4.69) is 5.32 Å². The molecule has 0 aliphatic carbocycles. The SMILES string of the molecule is CC(C)C(=O)c1oc2nc(-c3ccccc3Cl)c(-c3ccc(Cl)cc3)cc2c1NC(=O)CCCCl. The van der Waals surface area contributed by atoms with Crippen LogP contribution in [-0.4, -0.2) is 22.6 Å². The minimum Gasteiger partial charge on any atom is -0.432 e. The van der Waals surface area contributed by atoms with E-state index in [0.29, 0.717) is 44.7 Å². The summed E-state index contributed by atoms with van der Waals surface area (Å²) < 4.78 is 5.97. The smallest absolute Gasteiger partial charge is 0.229 e. The molecule has 0 saturated carbocycles. The summed E-state index contributed by atoms with van der Waals surface area (Å²) in [6.45, 7) is 3.55. The second-order valence-corrected chi connectivity index (χ2v) is 9.61. The van der Waals surface area contributed by atoms with Gasteiger partial charge in [0.05, 0.1) is 11.1 Å². The van der Waals surface area contributed by atoms with Crippen LogP contribution in [0.2, 0.25) is 10.0 Å². The van der Waals surface area contributed by atoms with Crippen molar-refractivity contribution in [2.45, 2.75) is 26.7 Å². The van der Waals surface area contributed by atoms with Gasteiger partial charge in [-0.2, -0.15) is 0 Å². The third-order valence-corrected chi connectivity index (χ3v) is 6.37. The number of carbonyl (C=O) groups excluding carboxylic acids is 2. The second kappa shape index (κ2) is 10.8. The Kier molecular flexibility index (Phi) is 7.80. The summed E-state index contributed by atoms with van der Waals surface area (Å²) in [7, 11) is 0. The predicted molar refractivity (Wildman–Crippen MR) is 143 cm³/mol. The lowest BCUT2D eigenvalue weighted by Gasteiger charge is -2.12. The number of nitrogens with one attached hydrogen (secondary N) is 1. The topological polar surface area (TPSA) is 72.2 Å². The number of ketones is 1. The Labute approximate surface area is 218 Å². The van der Waals surface area contributed by atoms with Gasteiger partial charge in [0.25, 0.3) is 0 Å². The highest BCUT2D eigenvalue weighted by Gasteiger charge is 2.27. The number of hydrogen-bond donors (Lipinski definition) is 1. The molecule has 1 amide bonds. The summed E-state index contributed by atoms with van der Waals surface area (Å²) in [5.41, 5.74) is 3.43. The summed E-state index contributed by atoms with van der Waals surface area (Å²) in [4.78, 5) is 30.4.